The molecule has 1 fully saturated rings. The summed E-state index contributed by atoms with van der Waals surface area (Å²) in [6.07, 6.45) is -3.94. The van der Waals surface area contributed by atoms with E-state index in [1.165, 1.54) is 12.1 Å². The van der Waals surface area contributed by atoms with Gasteiger partial charge in [0.1, 0.15) is 5.60 Å². The second-order valence-electron chi connectivity index (χ2n) is 6.83. The molecule has 1 aliphatic rings. The average molecular weight is 325 g/mol. The van der Waals surface area contributed by atoms with Gasteiger partial charge in [0, 0.05) is 0 Å². The summed E-state index contributed by atoms with van der Waals surface area (Å²) in [5.74, 6) is -0.584. The molecule has 0 bridgehead atoms. The monoisotopic (exact) mass is 325 g/mol. The zero-order valence-electron chi connectivity index (χ0n) is 13.3. The number of carbonyl (C=O) groups excluding carboxylic acids is 1. The van der Waals surface area contributed by atoms with Gasteiger partial charge in [-0.25, -0.2) is 0 Å². The number of nitrogens with zero attached hydrogens (tertiary/aromatic N) is 1. The van der Waals surface area contributed by atoms with Crippen LogP contribution in [0, 0.1) is 11.3 Å². The molecule has 1 saturated carbocycles. The smallest absolute Gasteiger partial charge is 0.416 e. The van der Waals surface area contributed by atoms with E-state index in [2.05, 4.69) is 0 Å². The van der Waals surface area contributed by atoms with Crippen molar-refractivity contribution in [3.8, 4) is 6.07 Å². The second kappa shape index (κ2) is 5.55. The molecule has 23 heavy (non-hydrogen) atoms. The molecule has 1 aromatic carbocycles. The van der Waals surface area contributed by atoms with E-state index in [9.17, 15) is 18.0 Å². The van der Waals surface area contributed by atoms with E-state index in [1.807, 2.05) is 6.07 Å². The molecule has 0 radical (unpaired) electrons. The molecule has 0 heterocycles. The van der Waals surface area contributed by atoms with Crippen molar-refractivity contribution in [2.75, 3.05) is 0 Å². The standard InChI is InChI=1S/C17H18F3NO2/c1-15(2,3)23-14(22)9-11-4-5-12(16(10-21)6-7-16)13(8-11)17(18,19)20/h4-5,8H,6-7,9H2,1-3H3. The van der Waals surface area contributed by atoms with Gasteiger partial charge in [-0.3, -0.25) is 4.79 Å². The summed E-state index contributed by atoms with van der Waals surface area (Å²) in [5.41, 5.74) is -2.33. The van der Waals surface area contributed by atoms with Gasteiger partial charge in [-0.05, 0) is 50.8 Å². The van der Waals surface area contributed by atoms with Crippen LogP contribution in [0.4, 0.5) is 13.2 Å². The summed E-state index contributed by atoms with van der Waals surface area (Å²) in [4.78, 5) is 11.8. The van der Waals surface area contributed by atoms with Crippen molar-refractivity contribution in [2.24, 2.45) is 0 Å². The average Bonchev–Trinajstić information content (AvgIpc) is 3.16. The maximum absolute atomic E-state index is 13.3. The Morgan fingerprint density at radius 3 is 2.35 bits per heavy atom. The van der Waals surface area contributed by atoms with E-state index in [0.717, 1.165) is 6.07 Å². The molecule has 0 saturated heterocycles. The number of halogens is 3. The fourth-order valence-corrected chi connectivity index (χ4v) is 2.46. The van der Waals surface area contributed by atoms with Crippen LogP contribution in [0.25, 0.3) is 0 Å². The first-order valence-corrected chi connectivity index (χ1v) is 7.31. The Morgan fingerprint density at radius 1 is 1.30 bits per heavy atom. The van der Waals surface area contributed by atoms with Crippen LogP contribution >= 0.6 is 0 Å². The number of alkyl halides is 3. The lowest BCUT2D eigenvalue weighted by Crippen LogP contribution is -2.25. The highest BCUT2D eigenvalue weighted by atomic mass is 19.4. The van der Waals surface area contributed by atoms with Crippen molar-refractivity contribution < 1.29 is 22.7 Å². The molecule has 1 aliphatic carbocycles. The minimum atomic E-state index is -4.56. The molecule has 0 N–H and O–H groups in total. The number of carbonyl (C=O) groups is 1. The maximum Gasteiger partial charge on any atom is 0.416 e. The van der Waals surface area contributed by atoms with Crippen LogP contribution < -0.4 is 0 Å². The SMILES string of the molecule is CC(C)(C)OC(=O)Cc1ccc(C2(C#N)CC2)c(C(F)(F)F)c1. The summed E-state index contributed by atoms with van der Waals surface area (Å²) in [6, 6.07) is 5.72. The van der Waals surface area contributed by atoms with Crippen LogP contribution in [0.15, 0.2) is 18.2 Å². The van der Waals surface area contributed by atoms with Gasteiger partial charge in [0.05, 0.1) is 23.5 Å². The van der Waals surface area contributed by atoms with Crippen molar-refractivity contribution in [1.29, 1.82) is 5.26 Å². The molecular weight excluding hydrogens is 307 g/mol. The van der Waals surface area contributed by atoms with Crippen molar-refractivity contribution in [3.63, 3.8) is 0 Å². The molecule has 6 heteroatoms. The lowest BCUT2D eigenvalue weighted by Gasteiger charge is -2.20. The molecule has 0 amide bonds. The fourth-order valence-electron chi connectivity index (χ4n) is 2.46. The Hall–Kier alpha value is -2.03. The van der Waals surface area contributed by atoms with Crippen molar-refractivity contribution in [3.05, 3.63) is 34.9 Å². The fraction of sp³-hybridized carbons (Fsp3) is 0.529. The third kappa shape index (κ3) is 4.04. The highest BCUT2D eigenvalue weighted by molar-refractivity contribution is 5.73. The van der Waals surface area contributed by atoms with Crippen LogP contribution in [0.3, 0.4) is 0 Å². The zero-order chi connectivity index (χ0) is 17.5. The van der Waals surface area contributed by atoms with Crippen molar-refractivity contribution >= 4 is 5.97 Å². The van der Waals surface area contributed by atoms with Gasteiger partial charge >= 0.3 is 12.1 Å². The van der Waals surface area contributed by atoms with Crippen LogP contribution in [0.1, 0.15) is 50.3 Å². The van der Waals surface area contributed by atoms with Crippen LogP contribution in [0.2, 0.25) is 0 Å². The number of ether oxygens (including phenoxy) is 1. The van der Waals surface area contributed by atoms with Gasteiger partial charge in [-0.2, -0.15) is 18.4 Å². The Morgan fingerprint density at radius 2 is 1.91 bits per heavy atom. The minimum absolute atomic E-state index is 0.000406. The highest BCUT2D eigenvalue weighted by Gasteiger charge is 2.50. The van der Waals surface area contributed by atoms with E-state index < -0.39 is 28.7 Å². The van der Waals surface area contributed by atoms with E-state index >= 15 is 0 Å². The van der Waals surface area contributed by atoms with Gasteiger partial charge in [0.25, 0.3) is 0 Å². The number of hydrogen-bond donors (Lipinski definition) is 0. The number of esters is 1. The van der Waals surface area contributed by atoms with Gasteiger partial charge in [-0.1, -0.05) is 12.1 Å². The van der Waals surface area contributed by atoms with E-state index in [-0.39, 0.29) is 17.5 Å². The molecule has 1 aromatic rings. The third-order valence-electron chi connectivity index (χ3n) is 3.64. The summed E-state index contributed by atoms with van der Waals surface area (Å²) in [6.45, 7) is 5.08. The first kappa shape index (κ1) is 17.3. The summed E-state index contributed by atoms with van der Waals surface area (Å²) >= 11 is 0. The number of rotatable bonds is 3. The van der Waals surface area contributed by atoms with Crippen LogP contribution in [-0.4, -0.2) is 11.6 Å². The Kier molecular flexibility index (Phi) is 4.18. The number of benzene rings is 1. The molecular formula is C17H18F3NO2. The van der Waals surface area contributed by atoms with Gasteiger partial charge < -0.3 is 4.74 Å². The third-order valence-corrected chi connectivity index (χ3v) is 3.64. The van der Waals surface area contributed by atoms with E-state index in [4.69, 9.17) is 10.00 Å². The molecule has 124 valence electrons. The van der Waals surface area contributed by atoms with Crippen molar-refractivity contribution in [1.82, 2.24) is 0 Å². The quantitative estimate of drug-likeness (QED) is 0.785. The van der Waals surface area contributed by atoms with E-state index in [1.54, 1.807) is 20.8 Å². The largest absolute Gasteiger partial charge is 0.460 e. The summed E-state index contributed by atoms with van der Waals surface area (Å²) in [7, 11) is 0. The predicted molar refractivity (Wildman–Crippen MR) is 77.5 cm³/mol. The lowest BCUT2D eigenvalue weighted by molar-refractivity contribution is -0.154. The Labute approximate surface area is 133 Å². The second-order valence-corrected chi connectivity index (χ2v) is 6.83. The van der Waals surface area contributed by atoms with Crippen molar-refractivity contribution in [2.45, 2.75) is 57.2 Å². The van der Waals surface area contributed by atoms with Gasteiger partial charge in [0.2, 0.25) is 0 Å². The lowest BCUT2D eigenvalue weighted by atomic mass is 9.90. The summed E-state index contributed by atoms with van der Waals surface area (Å²) in [5, 5.41) is 9.15. The molecule has 0 unspecified atom stereocenters. The molecule has 0 aromatic heterocycles. The molecule has 0 aliphatic heterocycles. The predicted octanol–water partition coefficient (Wildman–Crippen LogP) is 4.14. The van der Waals surface area contributed by atoms with E-state index in [0.29, 0.717) is 12.8 Å². The maximum atomic E-state index is 13.3. The van der Waals surface area contributed by atoms with Crippen LogP contribution in [-0.2, 0) is 27.5 Å². The van der Waals surface area contributed by atoms with Gasteiger partial charge in [0.15, 0.2) is 0 Å². The Bertz CT molecular complexity index is 662. The van der Waals surface area contributed by atoms with Crippen LogP contribution in [0.5, 0.6) is 0 Å². The Balaban J connectivity index is 2.32. The minimum Gasteiger partial charge on any atom is -0.460 e. The first-order valence-electron chi connectivity index (χ1n) is 7.31. The molecule has 2 rings (SSSR count). The zero-order valence-corrected chi connectivity index (χ0v) is 13.3. The topological polar surface area (TPSA) is 50.1 Å². The number of hydrogen-bond acceptors (Lipinski definition) is 3. The van der Waals surface area contributed by atoms with Gasteiger partial charge in [-0.15, -0.1) is 0 Å². The highest BCUT2D eigenvalue weighted by Crippen LogP contribution is 2.51. The number of nitriles is 1. The first-order chi connectivity index (χ1) is 10.5. The molecule has 0 spiro atoms. The molecule has 3 nitrogen and oxygen atoms in total. The normalized spacial score (nSPS) is 16.6. The molecule has 0 atom stereocenters. The summed E-state index contributed by atoms with van der Waals surface area (Å²) < 4.78 is 45.0.